The van der Waals surface area contributed by atoms with Crippen LogP contribution >= 0.6 is 18.6 Å². The van der Waals surface area contributed by atoms with Gasteiger partial charge in [-0.15, -0.1) is 10.2 Å². The number of carbonyl (C=O) groups is 1. The van der Waals surface area contributed by atoms with E-state index in [0.29, 0.717) is 10.7 Å². The Labute approximate surface area is 244 Å². The lowest BCUT2D eigenvalue weighted by molar-refractivity contribution is 0.0948. The molecule has 6 aromatic rings. The number of nitrogens with one attached hydrogen (secondary N) is 2. The second kappa shape index (κ2) is 12.3. The number of carbonyl (C=O) groups excluding carboxylic acids is 1. The highest BCUT2D eigenvalue weighted by Crippen LogP contribution is 2.66. The summed E-state index contributed by atoms with van der Waals surface area (Å²) in [5, 5.41) is 20.9. The minimum absolute atomic E-state index is 0.157. The molecule has 7 heteroatoms. The molecule has 1 aromatic heterocycles. The van der Waals surface area contributed by atoms with Gasteiger partial charge in [-0.2, -0.15) is 0 Å². The Morgan fingerprint density at radius 3 is 1.51 bits per heavy atom. The molecule has 0 fully saturated rings. The van der Waals surface area contributed by atoms with E-state index in [9.17, 15) is 4.79 Å². The number of nitrogens with zero attached hydrogens (tertiary/aromatic N) is 2. The highest BCUT2D eigenvalue weighted by atomic mass is 32.1. The van der Waals surface area contributed by atoms with Gasteiger partial charge in [-0.3, -0.25) is 4.79 Å². The quantitative estimate of drug-likeness (QED) is 0.190. The highest BCUT2D eigenvalue weighted by molar-refractivity contribution is 7.96. The Hall–Kier alpha value is -4.64. The molecule has 0 aliphatic rings. The Morgan fingerprint density at radius 1 is 0.585 bits per heavy atom. The van der Waals surface area contributed by atoms with Crippen molar-refractivity contribution in [2.24, 2.45) is 0 Å². The average molecular weight is 572 g/mol. The van der Waals surface area contributed by atoms with Crippen LogP contribution in [0, 0.1) is 0 Å². The summed E-state index contributed by atoms with van der Waals surface area (Å²) in [4.78, 5) is 13.9. The molecule has 0 saturated heterocycles. The first-order chi connectivity index (χ1) is 20.2. The van der Waals surface area contributed by atoms with Crippen LogP contribution < -0.4 is 26.5 Å². The first-order valence-corrected chi connectivity index (χ1v) is 16.0. The highest BCUT2D eigenvalue weighted by Gasteiger charge is 2.55. The first-order valence-electron chi connectivity index (χ1n) is 13.3. The average Bonchev–Trinajstić information content (AvgIpc) is 3.51. The maximum absolute atomic E-state index is 13.9. The van der Waals surface area contributed by atoms with Crippen molar-refractivity contribution in [3.63, 3.8) is 0 Å². The zero-order chi connectivity index (χ0) is 27.9. The molecule has 0 aliphatic carbocycles. The molecule has 0 aliphatic heterocycles. The predicted molar refractivity (Wildman–Crippen MR) is 171 cm³/mol. The molecule has 1 atom stereocenters. The van der Waals surface area contributed by atoms with Gasteiger partial charge in [0.25, 0.3) is 5.91 Å². The van der Waals surface area contributed by atoms with E-state index in [2.05, 4.69) is 88.5 Å². The fourth-order valence-electron chi connectivity index (χ4n) is 5.05. The van der Waals surface area contributed by atoms with E-state index in [1.807, 2.05) is 78.9 Å². The molecular weight excluding hydrogens is 543 g/mol. The number of hydrogen-bond acceptors (Lipinski definition) is 5. The second-order valence-electron chi connectivity index (χ2n) is 9.41. The Kier molecular flexibility index (Phi) is 7.94. The van der Waals surface area contributed by atoms with Gasteiger partial charge in [0.05, 0.1) is 0 Å². The minimum atomic E-state index is -2.58. The third kappa shape index (κ3) is 5.53. The lowest BCUT2D eigenvalue weighted by atomic mass is 10.2. The molecule has 5 nitrogen and oxygen atoms in total. The van der Waals surface area contributed by atoms with Crippen molar-refractivity contribution < 1.29 is 4.79 Å². The maximum Gasteiger partial charge on any atom is 0.254 e. The summed E-state index contributed by atoms with van der Waals surface area (Å²) >= 11 is 1.46. The number of rotatable bonds is 9. The number of benzene rings is 5. The van der Waals surface area contributed by atoms with E-state index in [1.54, 1.807) is 0 Å². The van der Waals surface area contributed by atoms with Gasteiger partial charge in [-0.05, 0) is 60.7 Å². The lowest BCUT2D eigenvalue weighted by Crippen LogP contribution is -2.42. The van der Waals surface area contributed by atoms with Crippen LogP contribution in [0.15, 0.2) is 152 Å². The van der Waals surface area contributed by atoms with Crippen LogP contribution in [0.5, 0.6) is 0 Å². The van der Waals surface area contributed by atoms with Crippen molar-refractivity contribution in [3.05, 3.63) is 162 Å². The molecule has 0 bridgehead atoms. The fraction of sp³-hybridized carbons (Fsp3) is 0.0294. The van der Waals surface area contributed by atoms with Crippen LogP contribution in [0.25, 0.3) is 0 Å². The van der Waals surface area contributed by atoms with Gasteiger partial charge in [0.15, 0.2) is 5.01 Å². The van der Waals surface area contributed by atoms with Crippen molar-refractivity contribution >= 4 is 51.2 Å². The zero-order valence-electron chi connectivity index (χ0n) is 22.2. The zero-order valence-corrected chi connectivity index (χ0v) is 23.9. The molecule has 1 amide bonds. The third-order valence-electron chi connectivity index (χ3n) is 6.88. The van der Waals surface area contributed by atoms with Crippen molar-refractivity contribution in [1.82, 2.24) is 15.5 Å². The standard InChI is InChI=1S/C34H27N4OPS/c39-31(26-16-6-1-7-17-26)36-32(33-37-38-34(41-33)35-27-18-8-2-9-19-27)40(28-20-10-3-11-21-28,29-22-12-4-13-23-29)30-24-14-5-15-25-30/h1-25,32H,(H-,35,36,38,39)/p+1/t32-/m1/s1. The number of aromatic nitrogens is 2. The number of para-hydroxylation sites is 1. The van der Waals surface area contributed by atoms with Gasteiger partial charge >= 0.3 is 0 Å². The van der Waals surface area contributed by atoms with Crippen molar-refractivity contribution in [2.75, 3.05) is 5.32 Å². The molecule has 0 radical (unpaired) electrons. The molecule has 2 N–H and O–H groups in total. The van der Waals surface area contributed by atoms with Gasteiger partial charge in [-0.1, -0.05) is 102 Å². The summed E-state index contributed by atoms with van der Waals surface area (Å²) in [6, 6.07) is 50.7. The van der Waals surface area contributed by atoms with Crippen LogP contribution in [0.4, 0.5) is 10.8 Å². The van der Waals surface area contributed by atoms with Crippen molar-refractivity contribution in [3.8, 4) is 0 Å². The van der Waals surface area contributed by atoms with Crippen LogP contribution in [0.1, 0.15) is 21.1 Å². The summed E-state index contributed by atoms with van der Waals surface area (Å²) in [5.41, 5.74) is 1.52. The molecule has 6 rings (SSSR count). The first kappa shape index (κ1) is 26.6. The predicted octanol–water partition coefficient (Wildman–Crippen LogP) is 6.70. The van der Waals surface area contributed by atoms with Crippen LogP contribution in [-0.4, -0.2) is 16.1 Å². The number of amides is 1. The molecule has 0 spiro atoms. The minimum Gasteiger partial charge on any atom is -0.330 e. The largest absolute Gasteiger partial charge is 0.330 e. The Balaban J connectivity index is 1.58. The summed E-state index contributed by atoms with van der Waals surface area (Å²) in [5.74, 6) is -0.637. The van der Waals surface area contributed by atoms with Gasteiger partial charge in [0, 0.05) is 11.3 Å². The van der Waals surface area contributed by atoms with E-state index in [1.165, 1.54) is 11.3 Å². The van der Waals surface area contributed by atoms with Crippen molar-refractivity contribution in [1.29, 1.82) is 0 Å². The number of hydrogen-bond donors (Lipinski definition) is 2. The van der Waals surface area contributed by atoms with Gasteiger partial charge in [0.1, 0.15) is 23.2 Å². The molecule has 5 aromatic carbocycles. The topological polar surface area (TPSA) is 66.9 Å². The van der Waals surface area contributed by atoms with Gasteiger partial charge in [-0.25, -0.2) is 0 Å². The van der Waals surface area contributed by atoms with Gasteiger partial charge in [0.2, 0.25) is 10.9 Å². The maximum atomic E-state index is 13.9. The van der Waals surface area contributed by atoms with E-state index < -0.39 is 13.0 Å². The van der Waals surface area contributed by atoms with E-state index in [4.69, 9.17) is 5.10 Å². The molecule has 0 saturated carbocycles. The van der Waals surface area contributed by atoms with E-state index >= 15 is 0 Å². The van der Waals surface area contributed by atoms with E-state index in [-0.39, 0.29) is 5.91 Å². The second-order valence-corrected chi connectivity index (χ2v) is 13.9. The summed E-state index contributed by atoms with van der Waals surface area (Å²) in [6.07, 6.45) is 0. The number of anilines is 2. The normalized spacial score (nSPS) is 11.9. The van der Waals surface area contributed by atoms with Crippen LogP contribution in [0.2, 0.25) is 0 Å². The smallest absolute Gasteiger partial charge is 0.254 e. The molecule has 1 heterocycles. The summed E-state index contributed by atoms with van der Waals surface area (Å²) in [6.45, 7) is 0. The molecule has 0 unspecified atom stereocenters. The summed E-state index contributed by atoms with van der Waals surface area (Å²) in [7, 11) is -2.58. The van der Waals surface area contributed by atoms with E-state index in [0.717, 1.165) is 26.6 Å². The monoisotopic (exact) mass is 571 g/mol. The molecular formula is C34H28N4OPS+. The molecule has 41 heavy (non-hydrogen) atoms. The van der Waals surface area contributed by atoms with Crippen LogP contribution in [-0.2, 0) is 0 Å². The van der Waals surface area contributed by atoms with Gasteiger partial charge < -0.3 is 10.6 Å². The Bertz CT molecular complexity index is 1600. The van der Waals surface area contributed by atoms with Crippen LogP contribution in [0.3, 0.4) is 0 Å². The fourth-order valence-corrected chi connectivity index (χ4v) is 10.8. The summed E-state index contributed by atoms with van der Waals surface area (Å²) < 4.78 is 0. The third-order valence-corrected chi connectivity index (χ3v) is 12.4. The Morgan fingerprint density at radius 2 is 1.02 bits per heavy atom. The SMILES string of the molecule is O=C(N[C@@H](c1nnc(Nc2ccccc2)s1)[P+](c1ccccc1)(c1ccccc1)c1ccccc1)c1ccccc1. The van der Waals surface area contributed by atoms with Crippen molar-refractivity contribution in [2.45, 2.75) is 5.78 Å². The lowest BCUT2D eigenvalue weighted by Gasteiger charge is -2.33. The molecule has 200 valence electrons.